The van der Waals surface area contributed by atoms with E-state index in [4.69, 9.17) is 14.6 Å². The summed E-state index contributed by atoms with van der Waals surface area (Å²) in [6, 6.07) is 7.36. The Hall–Kier alpha value is -1.37. The highest BCUT2D eigenvalue weighted by Gasteiger charge is 2.15. The second-order valence-electron chi connectivity index (χ2n) is 7.95. The number of hydrogen-bond donors (Lipinski definition) is 0. The maximum atomic E-state index is 5.94. The molecule has 1 aromatic heterocycles. The molecular formula is C20H35N3O2Si. The first-order valence-electron chi connectivity index (χ1n) is 9.71. The highest BCUT2D eigenvalue weighted by molar-refractivity contribution is 6.76. The molecule has 0 spiro atoms. The summed E-state index contributed by atoms with van der Waals surface area (Å²) in [7, 11) is 0.642. The van der Waals surface area contributed by atoms with E-state index >= 15 is 0 Å². The smallest absolute Gasteiger partial charge is 0.140 e. The first kappa shape index (κ1) is 20.9. The monoisotopic (exact) mass is 377 g/mol. The van der Waals surface area contributed by atoms with Gasteiger partial charge < -0.3 is 14.4 Å². The summed E-state index contributed by atoms with van der Waals surface area (Å²) < 4.78 is 13.3. The summed E-state index contributed by atoms with van der Waals surface area (Å²) in [5, 5.41) is 6.03. The van der Waals surface area contributed by atoms with Gasteiger partial charge in [-0.3, -0.25) is 0 Å². The molecule has 0 N–H and O–H groups in total. The minimum atomic E-state index is -1.07. The van der Waals surface area contributed by atoms with Crippen molar-refractivity contribution in [2.24, 2.45) is 0 Å². The van der Waals surface area contributed by atoms with E-state index in [0.29, 0.717) is 6.73 Å². The van der Waals surface area contributed by atoms with Crippen LogP contribution in [-0.4, -0.2) is 56.1 Å². The molecule has 5 nitrogen and oxygen atoms in total. The standard InChI is InChI=1S/C20H35N3O2Si/c1-7-22(8-2)12-11-19-18-15-17(24-3)9-10-20(18)23(21-19)16-25-13-14-26(4,5)6/h9-10,15H,7-8,11-14,16H2,1-6H3. The first-order valence-corrected chi connectivity index (χ1v) is 13.4. The maximum absolute atomic E-state index is 5.94. The molecule has 0 saturated heterocycles. The fraction of sp³-hybridized carbons (Fsp3) is 0.650. The summed E-state index contributed by atoms with van der Waals surface area (Å²) in [5.74, 6) is 0.876. The molecule has 26 heavy (non-hydrogen) atoms. The second kappa shape index (κ2) is 9.53. The largest absolute Gasteiger partial charge is 0.497 e. The zero-order valence-electron chi connectivity index (χ0n) is 17.3. The first-order chi connectivity index (χ1) is 12.4. The number of likely N-dealkylation sites (N-methyl/N-ethyl adjacent to an activating group) is 1. The molecule has 0 aliphatic rings. The average Bonchev–Trinajstić information content (AvgIpc) is 2.96. The zero-order valence-corrected chi connectivity index (χ0v) is 18.3. The van der Waals surface area contributed by atoms with Gasteiger partial charge in [0.25, 0.3) is 0 Å². The molecule has 0 fully saturated rings. The predicted octanol–water partition coefficient (Wildman–Crippen LogP) is 4.24. The Bertz CT molecular complexity index is 690. The Balaban J connectivity index is 2.16. The van der Waals surface area contributed by atoms with Crippen LogP contribution in [0.3, 0.4) is 0 Å². The highest BCUT2D eigenvalue weighted by Crippen LogP contribution is 2.25. The number of rotatable bonds is 11. The summed E-state index contributed by atoms with van der Waals surface area (Å²) >= 11 is 0. The normalized spacial score (nSPS) is 12.3. The van der Waals surface area contributed by atoms with Crippen LogP contribution >= 0.6 is 0 Å². The number of methoxy groups -OCH3 is 1. The van der Waals surface area contributed by atoms with Crippen LogP contribution in [0.5, 0.6) is 5.75 Å². The average molecular weight is 378 g/mol. The number of ether oxygens (including phenoxy) is 2. The fourth-order valence-electron chi connectivity index (χ4n) is 2.97. The Morgan fingerprint density at radius 2 is 1.88 bits per heavy atom. The summed E-state index contributed by atoms with van der Waals surface area (Å²) in [6.45, 7) is 16.0. The molecule has 1 aromatic carbocycles. The molecule has 0 saturated carbocycles. The molecule has 6 heteroatoms. The molecule has 0 radical (unpaired) electrons. The van der Waals surface area contributed by atoms with Crippen molar-refractivity contribution in [2.75, 3.05) is 33.4 Å². The molecule has 146 valence electrons. The van der Waals surface area contributed by atoms with Crippen LogP contribution in [0.15, 0.2) is 18.2 Å². The molecule has 1 heterocycles. The zero-order chi connectivity index (χ0) is 19.2. The van der Waals surface area contributed by atoms with Crippen molar-refractivity contribution in [1.29, 1.82) is 0 Å². The van der Waals surface area contributed by atoms with Crippen LogP contribution in [0.25, 0.3) is 10.9 Å². The summed E-state index contributed by atoms with van der Waals surface area (Å²) in [6.07, 6.45) is 0.938. The van der Waals surface area contributed by atoms with Crippen molar-refractivity contribution in [3.05, 3.63) is 23.9 Å². The summed E-state index contributed by atoms with van der Waals surface area (Å²) in [4.78, 5) is 2.43. The molecule has 2 rings (SSSR count). The predicted molar refractivity (Wildman–Crippen MR) is 112 cm³/mol. The topological polar surface area (TPSA) is 39.5 Å². The number of nitrogens with zero attached hydrogens (tertiary/aromatic N) is 3. The van der Waals surface area contributed by atoms with Gasteiger partial charge in [0.1, 0.15) is 12.5 Å². The van der Waals surface area contributed by atoms with Crippen LogP contribution in [0.2, 0.25) is 25.7 Å². The molecular weight excluding hydrogens is 342 g/mol. The number of fused-ring (bicyclic) bond motifs is 1. The van der Waals surface area contributed by atoms with Gasteiger partial charge in [0.2, 0.25) is 0 Å². The molecule has 0 aliphatic heterocycles. The van der Waals surface area contributed by atoms with Gasteiger partial charge in [-0.15, -0.1) is 0 Å². The Morgan fingerprint density at radius 3 is 2.50 bits per heavy atom. The van der Waals surface area contributed by atoms with Crippen molar-refractivity contribution in [3.8, 4) is 5.75 Å². The van der Waals surface area contributed by atoms with E-state index in [9.17, 15) is 0 Å². The van der Waals surface area contributed by atoms with Gasteiger partial charge in [0, 0.05) is 33.0 Å². The lowest BCUT2D eigenvalue weighted by molar-refractivity contribution is 0.0813. The highest BCUT2D eigenvalue weighted by atomic mass is 28.3. The van der Waals surface area contributed by atoms with E-state index in [-0.39, 0.29) is 0 Å². The van der Waals surface area contributed by atoms with Crippen LogP contribution in [0.4, 0.5) is 0 Å². The molecule has 0 bridgehead atoms. The minimum Gasteiger partial charge on any atom is -0.497 e. The number of benzene rings is 1. The van der Waals surface area contributed by atoms with Crippen molar-refractivity contribution in [2.45, 2.75) is 52.7 Å². The molecule has 0 aliphatic carbocycles. The van der Waals surface area contributed by atoms with Gasteiger partial charge in [-0.25, -0.2) is 4.68 Å². The van der Waals surface area contributed by atoms with Gasteiger partial charge in [-0.1, -0.05) is 33.5 Å². The van der Waals surface area contributed by atoms with E-state index in [1.54, 1.807) is 7.11 Å². The lowest BCUT2D eigenvalue weighted by atomic mass is 10.1. The van der Waals surface area contributed by atoms with Crippen LogP contribution in [0.1, 0.15) is 19.5 Å². The lowest BCUT2D eigenvalue weighted by Crippen LogP contribution is -2.25. The number of aromatic nitrogens is 2. The van der Waals surface area contributed by atoms with Crippen LogP contribution < -0.4 is 4.74 Å². The molecule has 2 aromatic rings. The van der Waals surface area contributed by atoms with E-state index in [0.717, 1.165) is 49.6 Å². The van der Waals surface area contributed by atoms with Crippen LogP contribution in [-0.2, 0) is 17.9 Å². The molecule has 0 unspecified atom stereocenters. The van der Waals surface area contributed by atoms with Gasteiger partial charge in [0.15, 0.2) is 0 Å². The SMILES string of the molecule is CCN(CC)CCc1nn(COCC[Si](C)(C)C)c2ccc(OC)cc12. The Labute approximate surface area is 159 Å². The third kappa shape index (κ3) is 5.82. The Morgan fingerprint density at radius 1 is 1.15 bits per heavy atom. The van der Waals surface area contributed by atoms with Crippen LogP contribution in [0, 0.1) is 0 Å². The second-order valence-corrected chi connectivity index (χ2v) is 13.6. The third-order valence-electron chi connectivity index (χ3n) is 4.80. The van der Waals surface area contributed by atoms with E-state index < -0.39 is 8.07 Å². The number of hydrogen-bond acceptors (Lipinski definition) is 4. The van der Waals surface area contributed by atoms with Gasteiger partial charge in [0.05, 0.1) is 18.3 Å². The third-order valence-corrected chi connectivity index (χ3v) is 6.51. The van der Waals surface area contributed by atoms with Crippen molar-refractivity contribution < 1.29 is 9.47 Å². The van der Waals surface area contributed by atoms with E-state index in [1.165, 1.54) is 11.4 Å². The lowest BCUT2D eigenvalue weighted by Gasteiger charge is -2.17. The van der Waals surface area contributed by atoms with E-state index in [1.807, 2.05) is 10.7 Å². The van der Waals surface area contributed by atoms with Crippen molar-refractivity contribution in [1.82, 2.24) is 14.7 Å². The van der Waals surface area contributed by atoms with Gasteiger partial charge in [-0.2, -0.15) is 5.10 Å². The molecule has 0 amide bonds. The molecule has 0 atom stereocenters. The minimum absolute atomic E-state index is 0.512. The van der Waals surface area contributed by atoms with Crippen molar-refractivity contribution in [3.63, 3.8) is 0 Å². The fourth-order valence-corrected chi connectivity index (χ4v) is 3.72. The maximum Gasteiger partial charge on any atom is 0.140 e. The van der Waals surface area contributed by atoms with Crippen molar-refractivity contribution >= 4 is 19.0 Å². The van der Waals surface area contributed by atoms with E-state index in [2.05, 4.69) is 50.5 Å². The van der Waals surface area contributed by atoms with Gasteiger partial charge >= 0.3 is 0 Å². The Kier molecular flexibility index (Phi) is 7.67. The van der Waals surface area contributed by atoms with Gasteiger partial charge in [-0.05, 0) is 37.3 Å². The quantitative estimate of drug-likeness (QED) is 0.434. The summed E-state index contributed by atoms with van der Waals surface area (Å²) in [5.41, 5.74) is 2.24.